The smallest absolute Gasteiger partial charge is 0.348 e. The maximum atomic E-state index is 13.0. The van der Waals surface area contributed by atoms with Crippen molar-refractivity contribution in [2.75, 3.05) is 0 Å². The van der Waals surface area contributed by atoms with Gasteiger partial charge in [-0.2, -0.15) is 18.3 Å². The Balaban J connectivity index is 1.76. The molecule has 3 rings (SSSR count). The fourth-order valence-corrected chi connectivity index (χ4v) is 4.51. The third-order valence-electron chi connectivity index (χ3n) is 4.73. The molecule has 1 amide bonds. The van der Waals surface area contributed by atoms with E-state index in [2.05, 4.69) is 15.1 Å². The highest BCUT2D eigenvalue weighted by atomic mass is 32.2. The molecule has 176 valence electrons. The van der Waals surface area contributed by atoms with Gasteiger partial charge in [0.2, 0.25) is 10.0 Å². The van der Waals surface area contributed by atoms with E-state index in [0.717, 1.165) is 12.1 Å². The summed E-state index contributed by atoms with van der Waals surface area (Å²) in [6.07, 6.45) is -3.22. The van der Waals surface area contributed by atoms with Gasteiger partial charge in [0.25, 0.3) is 5.91 Å². The highest BCUT2D eigenvalue weighted by molar-refractivity contribution is 7.89. The number of halogens is 3. The Labute approximate surface area is 189 Å². The van der Waals surface area contributed by atoms with Crippen LogP contribution >= 0.6 is 0 Å². The molecule has 33 heavy (non-hydrogen) atoms. The summed E-state index contributed by atoms with van der Waals surface area (Å²) in [6, 6.07) is 10.6. The van der Waals surface area contributed by atoms with Crippen molar-refractivity contribution in [2.45, 2.75) is 44.4 Å². The Morgan fingerprint density at radius 3 is 2.48 bits per heavy atom. The van der Waals surface area contributed by atoms with Crippen LogP contribution in [0, 0.1) is 6.92 Å². The first kappa shape index (κ1) is 24.5. The van der Waals surface area contributed by atoms with E-state index in [9.17, 15) is 26.4 Å². The van der Waals surface area contributed by atoms with Gasteiger partial charge in [-0.1, -0.05) is 18.2 Å². The summed E-state index contributed by atoms with van der Waals surface area (Å²) in [5.41, 5.74) is 0.486. The van der Waals surface area contributed by atoms with Gasteiger partial charge >= 0.3 is 6.18 Å². The lowest BCUT2D eigenvalue weighted by atomic mass is 10.2. The number of sulfonamides is 1. The molecular formula is C22H23F3N4O3S. The van der Waals surface area contributed by atoms with Crippen LogP contribution < -0.4 is 10.0 Å². The summed E-state index contributed by atoms with van der Waals surface area (Å²) in [4.78, 5) is 12.7. The highest BCUT2D eigenvalue weighted by Gasteiger charge is 2.30. The molecule has 0 unspecified atom stereocenters. The normalized spacial score (nSPS) is 12.2. The van der Waals surface area contributed by atoms with Gasteiger partial charge < -0.3 is 5.32 Å². The van der Waals surface area contributed by atoms with Crippen molar-refractivity contribution >= 4 is 15.9 Å². The van der Waals surface area contributed by atoms with Crippen molar-refractivity contribution in [3.8, 4) is 5.69 Å². The minimum Gasteiger partial charge on any atom is -0.348 e. The molecule has 0 saturated heterocycles. The van der Waals surface area contributed by atoms with E-state index < -0.39 is 27.7 Å². The number of benzene rings is 2. The molecule has 3 aromatic rings. The summed E-state index contributed by atoms with van der Waals surface area (Å²) in [7, 11) is -3.68. The Bertz CT molecular complexity index is 1270. The Hall–Kier alpha value is -3.18. The van der Waals surface area contributed by atoms with E-state index in [1.807, 2.05) is 0 Å². The standard InChI is InChI=1S/C22H23F3N4O3S/c1-14(2)28-33(31,32)19-9-4-6-16(10-19)12-26-21(30)20-13-27-29(15(20)3)18-8-5-7-17(11-18)22(23,24)25/h4-11,13-14,28H,12H2,1-3H3,(H,26,30). The molecule has 0 spiro atoms. The number of amides is 1. The molecule has 0 radical (unpaired) electrons. The second kappa shape index (κ2) is 9.36. The fraction of sp³-hybridized carbons (Fsp3) is 0.273. The lowest BCUT2D eigenvalue weighted by Crippen LogP contribution is -2.30. The van der Waals surface area contributed by atoms with Crippen molar-refractivity contribution in [3.63, 3.8) is 0 Å². The Morgan fingerprint density at radius 1 is 1.12 bits per heavy atom. The molecule has 0 bridgehead atoms. The number of rotatable bonds is 7. The predicted octanol–water partition coefficient (Wildman–Crippen LogP) is 3.82. The number of aromatic nitrogens is 2. The molecule has 0 aliphatic rings. The van der Waals surface area contributed by atoms with Gasteiger partial charge in [0.15, 0.2) is 0 Å². The van der Waals surface area contributed by atoms with Crippen LogP contribution in [0.2, 0.25) is 0 Å². The third kappa shape index (κ3) is 5.79. The first-order valence-corrected chi connectivity index (χ1v) is 11.5. The van der Waals surface area contributed by atoms with Crippen LogP contribution in [0.4, 0.5) is 13.2 Å². The number of carbonyl (C=O) groups excluding carboxylic acids is 1. The molecule has 0 fully saturated rings. The monoisotopic (exact) mass is 480 g/mol. The second-order valence-electron chi connectivity index (χ2n) is 7.71. The summed E-state index contributed by atoms with van der Waals surface area (Å²) >= 11 is 0. The number of hydrogen-bond donors (Lipinski definition) is 2. The van der Waals surface area contributed by atoms with Gasteiger partial charge in [-0.15, -0.1) is 0 Å². The van der Waals surface area contributed by atoms with Crippen LogP contribution in [-0.2, 0) is 22.7 Å². The first-order chi connectivity index (χ1) is 15.4. The summed E-state index contributed by atoms with van der Waals surface area (Å²) in [5.74, 6) is -0.487. The molecule has 0 atom stereocenters. The van der Waals surface area contributed by atoms with Gasteiger partial charge in [-0.25, -0.2) is 17.8 Å². The minimum atomic E-state index is -4.50. The van der Waals surface area contributed by atoms with E-state index >= 15 is 0 Å². The van der Waals surface area contributed by atoms with E-state index in [1.54, 1.807) is 32.9 Å². The van der Waals surface area contributed by atoms with Crippen molar-refractivity contribution in [3.05, 3.63) is 77.1 Å². The topological polar surface area (TPSA) is 93.1 Å². The van der Waals surface area contributed by atoms with Crippen molar-refractivity contribution < 1.29 is 26.4 Å². The molecule has 1 heterocycles. The van der Waals surface area contributed by atoms with E-state index in [4.69, 9.17) is 0 Å². The van der Waals surface area contributed by atoms with Crippen LogP contribution in [0.3, 0.4) is 0 Å². The zero-order chi connectivity index (χ0) is 24.4. The van der Waals surface area contributed by atoms with Crippen LogP contribution in [0.1, 0.15) is 41.0 Å². The number of alkyl halides is 3. The van der Waals surface area contributed by atoms with Crippen LogP contribution in [-0.4, -0.2) is 30.1 Å². The van der Waals surface area contributed by atoms with Gasteiger partial charge in [0.05, 0.1) is 33.6 Å². The average molecular weight is 481 g/mol. The molecule has 11 heteroatoms. The van der Waals surface area contributed by atoms with Crippen molar-refractivity contribution in [2.24, 2.45) is 0 Å². The summed E-state index contributed by atoms with van der Waals surface area (Å²) in [6.45, 7) is 5.05. The largest absolute Gasteiger partial charge is 0.416 e. The zero-order valence-corrected chi connectivity index (χ0v) is 19.0. The lowest BCUT2D eigenvalue weighted by molar-refractivity contribution is -0.137. The number of hydrogen-bond acceptors (Lipinski definition) is 4. The lowest BCUT2D eigenvalue weighted by Gasteiger charge is -2.11. The van der Waals surface area contributed by atoms with Gasteiger partial charge in [-0.3, -0.25) is 4.79 Å². The fourth-order valence-electron chi connectivity index (χ4n) is 3.19. The Kier molecular flexibility index (Phi) is 6.94. The SMILES string of the molecule is Cc1c(C(=O)NCc2cccc(S(=O)(=O)NC(C)C)c2)cnn1-c1cccc(C(F)(F)F)c1. The number of carbonyl (C=O) groups is 1. The average Bonchev–Trinajstić information content (AvgIpc) is 3.12. The van der Waals surface area contributed by atoms with Gasteiger partial charge in [0.1, 0.15) is 0 Å². The molecule has 0 aliphatic heterocycles. The van der Waals surface area contributed by atoms with E-state index in [0.29, 0.717) is 11.3 Å². The van der Waals surface area contributed by atoms with E-state index in [-0.39, 0.29) is 28.7 Å². The molecule has 0 aliphatic carbocycles. The second-order valence-corrected chi connectivity index (χ2v) is 9.42. The summed E-state index contributed by atoms with van der Waals surface area (Å²) < 4.78 is 67.5. The maximum absolute atomic E-state index is 13.0. The quantitative estimate of drug-likeness (QED) is 0.538. The number of nitrogens with zero attached hydrogens (tertiary/aromatic N) is 2. The number of nitrogens with one attached hydrogen (secondary N) is 2. The van der Waals surface area contributed by atoms with E-state index in [1.165, 1.54) is 35.1 Å². The van der Waals surface area contributed by atoms with Crippen LogP contribution in [0.5, 0.6) is 0 Å². The molecular weight excluding hydrogens is 457 g/mol. The minimum absolute atomic E-state index is 0.0536. The molecule has 7 nitrogen and oxygen atoms in total. The molecule has 2 N–H and O–H groups in total. The van der Waals surface area contributed by atoms with Gasteiger partial charge in [-0.05, 0) is 56.7 Å². The van der Waals surface area contributed by atoms with Crippen molar-refractivity contribution in [1.29, 1.82) is 0 Å². The molecule has 1 aromatic heterocycles. The highest BCUT2D eigenvalue weighted by Crippen LogP contribution is 2.30. The summed E-state index contributed by atoms with van der Waals surface area (Å²) in [5, 5.41) is 6.75. The van der Waals surface area contributed by atoms with Crippen LogP contribution in [0.25, 0.3) is 5.69 Å². The molecule has 0 saturated carbocycles. The third-order valence-corrected chi connectivity index (χ3v) is 6.38. The maximum Gasteiger partial charge on any atom is 0.416 e. The predicted molar refractivity (Wildman–Crippen MR) is 116 cm³/mol. The Morgan fingerprint density at radius 2 is 1.82 bits per heavy atom. The first-order valence-electron chi connectivity index (χ1n) is 10.00. The zero-order valence-electron chi connectivity index (χ0n) is 18.1. The van der Waals surface area contributed by atoms with Crippen molar-refractivity contribution in [1.82, 2.24) is 19.8 Å². The van der Waals surface area contributed by atoms with Gasteiger partial charge in [0, 0.05) is 12.6 Å². The molecule has 2 aromatic carbocycles. The van der Waals surface area contributed by atoms with Crippen LogP contribution in [0.15, 0.2) is 59.6 Å².